The number of fused-ring (bicyclic) bond motifs is 12. The Hall–Kier alpha value is -15.8. The lowest BCUT2D eigenvalue weighted by molar-refractivity contribution is 0.0969. The van der Waals surface area contributed by atoms with Crippen molar-refractivity contribution in [2.75, 3.05) is 75.6 Å². The summed E-state index contributed by atoms with van der Waals surface area (Å²) in [6.07, 6.45) is 3.98. The monoisotopic (exact) mass is 1780 g/mol. The van der Waals surface area contributed by atoms with Crippen molar-refractivity contribution in [1.82, 2.24) is 57.3 Å². The number of anilines is 6. The summed E-state index contributed by atoms with van der Waals surface area (Å²) < 4.78 is 37.6. The van der Waals surface area contributed by atoms with E-state index < -0.39 is 11.7 Å². The average Bonchev–Trinajstić information content (AvgIpc) is 1.13. The van der Waals surface area contributed by atoms with E-state index in [-0.39, 0.29) is 69.1 Å². The SMILES string of the molecule is O=C(c1ccc(CO)cc1)N1CCCn2c1nc1ccccc1c2=O.O=C(c1ccc(Cl)cc1)N1CCCn2c1nc1ccccc1c2=O.O=C(c1ccccc1F)N1CCCn2c1nc1ccccc1c2=O.O=c1c2ccccc2nc2n1CCCN2.O=c1c2ccccc2nc2n1CCN2CCc1ccccc1.O=c1c2ccccc2nc2n1CCN2Cc1ccccc1F. The fourth-order valence-corrected chi connectivity index (χ4v) is 17.2. The molecule has 28 nitrogen and oxygen atoms in total. The average molecular weight is 1790 g/mol. The van der Waals surface area contributed by atoms with Gasteiger partial charge in [-0.25, -0.2) is 38.7 Å². The molecule has 17 aromatic rings. The second-order valence-electron chi connectivity index (χ2n) is 32.1. The van der Waals surface area contributed by atoms with Crippen molar-refractivity contribution in [1.29, 1.82) is 0 Å². The third-order valence-electron chi connectivity index (χ3n) is 23.8. The molecular formula is C101H87ClF2N18O10. The first-order valence-corrected chi connectivity index (χ1v) is 44.0. The fraction of sp³-hybridized carbons (Fsp3) is 0.198. The Balaban J connectivity index is 0.000000107. The van der Waals surface area contributed by atoms with Crippen LogP contribution in [0.3, 0.4) is 0 Å². The zero-order valence-corrected chi connectivity index (χ0v) is 72.2. The zero-order valence-electron chi connectivity index (χ0n) is 71.5. The number of aromatic nitrogens is 12. The number of nitrogens with one attached hydrogen (secondary N) is 1. The van der Waals surface area contributed by atoms with Gasteiger partial charge in [0.05, 0.1) is 77.6 Å². The maximum Gasteiger partial charge on any atom is 0.263 e. The van der Waals surface area contributed by atoms with Gasteiger partial charge in [-0.05, 0) is 171 Å². The number of carbonyl (C=O) groups is 3. The molecule has 11 aromatic carbocycles. The van der Waals surface area contributed by atoms with Crippen molar-refractivity contribution in [2.45, 2.75) is 84.5 Å². The van der Waals surface area contributed by atoms with Crippen molar-refractivity contribution in [3.63, 3.8) is 0 Å². The van der Waals surface area contributed by atoms with Crippen LogP contribution >= 0.6 is 11.6 Å². The van der Waals surface area contributed by atoms with E-state index in [0.29, 0.717) is 178 Å². The van der Waals surface area contributed by atoms with Gasteiger partial charge < -0.3 is 20.2 Å². The fourth-order valence-electron chi connectivity index (χ4n) is 17.1. The van der Waals surface area contributed by atoms with E-state index in [2.05, 4.69) is 59.4 Å². The van der Waals surface area contributed by atoms with Crippen LogP contribution < -0.4 is 63.2 Å². The first-order valence-electron chi connectivity index (χ1n) is 43.6. The lowest BCUT2D eigenvalue weighted by atomic mass is 10.1. The van der Waals surface area contributed by atoms with Crippen LogP contribution in [0.5, 0.6) is 0 Å². The molecule has 132 heavy (non-hydrogen) atoms. The normalized spacial score (nSPS) is 13.8. The van der Waals surface area contributed by atoms with Gasteiger partial charge >= 0.3 is 0 Å². The Morgan fingerprint density at radius 1 is 0.326 bits per heavy atom. The molecule has 0 bridgehead atoms. The summed E-state index contributed by atoms with van der Waals surface area (Å²) in [5, 5.41) is 16.5. The maximum absolute atomic E-state index is 14.0. The molecule has 6 aliphatic rings. The minimum absolute atomic E-state index is 0.0200. The summed E-state index contributed by atoms with van der Waals surface area (Å²) in [4.78, 5) is 150. The number of amides is 3. The van der Waals surface area contributed by atoms with E-state index in [1.807, 2.05) is 108 Å². The minimum Gasteiger partial charge on any atom is -0.392 e. The number of aliphatic hydroxyl groups is 1. The number of halogens is 3. The topological polar surface area (TPSA) is 309 Å². The van der Waals surface area contributed by atoms with E-state index in [0.717, 1.165) is 68.1 Å². The second kappa shape index (κ2) is 38.6. The molecule has 31 heteroatoms. The van der Waals surface area contributed by atoms with Crippen LogP contribution in [0.4, 0.5) is 44.5 Å². The Morgan fingerprint density at radius 2 is 0.674 bits per heavy atom. The molecule has 0 saturated carbocycles. The summed E-state index contributed by atoms with van der Waals surface area (Å²) in [5.41, 5.74) is 7.32. The molecule has 3 amide bonds. The van der Waals surface area contributed by atoms with Crippen molar-refractivity contribution in [3.05, 3.63) is 385 Å². The van der Waals surface area contributed by atoms with Crippen LogP contribution in [-0.2, 0) is 58.8 Å². The van der Waals surface area contributed by atoms with Crippen LogP contribution in [0.25, 0.3) is 65.4 Å². The first-order chi connectivity index (χ1) is 64.4. The molecule has 23 rings (SSSR count). The summed E-state index contributed by atoms with van der Waals surface area (Å²) in [5.74, 6) is 1.53. The smallest absolute Gasteiger partial charge is 0.263 e. The number of hydrogen-bond acceptors (Lipinski definition) is 19. The highest BCUT2D eigenvalue weighted by molar-refractivity contribution is 6.30. The summed E-state index contributed by atoms with van der Waals surface area (Å²) >= 11 is 5.89. The summed E-state index contributed by atoms with van der Waals surface area (Å²) in [6.45, 7) is 8.78. The maximum atomic E-state index is 14.0. The first kappa shape index (κ1) is 86.9. The van der Waals surface area contributed by atoms with Gasteiger partial charge in [-0.2, -0.15) is 0 Å². The Kier molecular flexibility index (Phi) is 25.4. The van der Waals surface area contributed by atoms with Gasteiger partial charge in [-0.1, -0.05) is 157 Å². The van der Waals surface area contributed by atoms with E-state index >= 15 is 0 Å². The molecule has 0 radical (unpaired) electrons. The highest BCUT2D eigenvalue weighted by Crippen LogP contribution is 2.30. The van der Waals surface area contributed by atoms with Gasteiger partial charge in [-0.3, -0.25) is 85.3 Å². The number of carbonyl (C=O) groups excluding carboxylic acids is 3. The number of nitrogens with zero attached hydrogens (tertiary/aromatic N) is 17. The highest BCUT2D eigenvalue weighted by Gasteiger charge is 2.33. The Bertz CT molecular complexity index is 7710. The third-order valence-corrected chi connectivity index (χ3v) is 24.1. The molecule has 662 valence electrons. The van der Waals surface area contributed by atoms with Gasteiger partial charge in [0.25, 0.3) is 51.1 Å². The molecule has 0 spiro atoms. The second-order valence-corrected chi connectivity index (χ2v) is 32.6. The van der Waals surface area contributed by atoms with Gasteiger partial charge in [0.15, 0.2) is 0 Å². The number of rotatable bonds is 9. The molecule has 12 heterocycles. The zero-order chi connectivity index (χ0) is 91.0. The predicted octanol–water partition coefficient (Wildman–Crippen LogP) is 13.9. The third kappa shape index (κ3) is 17.9. The van der Waals surface area contributed by atoms with Crippen LogP contribution in [0.1, 0.15) is 73.4 Å². The van der Waals surface area contributed by atoms with Crippen molar-refractivity contribution in [2.24, 2.45) is 0 Å². The minimum atomic E-state index is -0.581. The Morgan fingerprint density at radius 3 is 1.11 bits per heavy atom. The van der Waals surface area contributed by atoms with Gasteiger partial charge in [0.2, 0.25) is 35.7 Å². The molecule has 2 N–H and O–H groups in total. The number of aliphatic hydroxyl groups excluding tert-OH is 1. The van der Waals surface area contributed by atoms with Gasteiger partial charge in [0, 0.05) is 113 Å². The van der Waals surface area contributed by atoms with Gasteiger partial charge in [0.1, 0.15) is 11.6 Å². The largest absolute Gasteiger partial charge is 0.392 e. The molecule has 0 saturated heterocycles. The molecule has 6 aliphatic heterocycles. The van der Waals surface area contributed by atoms with Crippen molar-refractivity contribution >= 4 is 130 Å². The lowest BCUT2D eigenvalue weighted by Gasteiger charge is -2.29. The van der Waals surface area contributed by atoms with Gasteiger partial charge in [-0.15, -0.1) is 0 Å². The van der Waals surface area contributed by atoms with Crippen LogP contribution in [0, 0.1) is 11.6 Å². The molecule has 0 unspecified atom stereocenters. The highest BCUT2D eigenvalue weighted by atomic mass is 35.5. The Labute approximate surface area is 757 Å². The van der Waals surface area contributed by atoms with E-state index in [4.69, 9.17) is 21.7 Å². The molecular weight excluding hydrogens is 1700 g/mol. The van der Waals surface area contributed by atoms with Crippen LogP contribution in [0.2, 0.25) is 5.02 Å². The van der Waals surface area contributed by atoms with Crippen molar-refractivity contribution in [3.8, 4) is 0 Å². The van der Waals surface area contributed by atoms with Crippen LogP contribution in [-0.4, -0.2) is 126 Å². The van der Waals surface area contributed by atoms with Crippen LogP contribution in [0.15, 0.2) is 302 Å². The van der Waals surface area contributed by atoms with E-state index in [1.54, 1.807) is 154 Å². The number of para-hydroxylation sites is 6. The standard InChI is InChI=1S/C19H17N3O3.C18H14ClN3O2.C18H14FN3O2.C18H17N3O.C17H14FN3O.C11H11N3O/c23-12-13-6-8-14(9-7-13)17(24)21-10-3-11-22-18(25)15-4-1-2-5-16(15)20-19(21)22;19-13-8-6-12(7-9-13)16(23)21-10-3-11-22-17(24)14-4-1-2-5-15(14)20-18(21)22;19-14-8-3-1-6-12(14)16(23)21-10-5-11-22-17(24)13-7-2-4-9-15(13)20-18(21)22;22-17-15-8-4-5-9-16(15)19-18-20(12-13-21(17)18)11-10-14-6-2-1-3-7-14;18-14-7-3-1-5-12(14)11-20-9-10-21-16(22)13-6-2-4-8-15(13)19-17(20)21;15-10-8-4-1-2-5-9(8)13-11-12-6-3-7-14(10)11/h1-2,4-9,23H,3,10-12H2;1-2,4-9H,3,10-11H2;1-4,6-9H,5,10-11H2;1-9H,10-13H2;1-8H,9-11H2;1-2,4-5H,3,6-7H2,(H,12,13). The molecule has 0 aliphatic carbocycles. The number of benzene rings is 11. The summed E-state index contributed by atoms with van der Waals surface area (Å²) in [7, 11) is 0. The molecule has 0 fully saturated rings. The predicted molar refractivity (Wildman–Crippen MR) is 508 cm³/mol. The van der Waals surface area contributed by atoms with E-state index in [9.17, 15) is 51.9 Å². The quantitative estimate of drug-likeness (QED) is 0.136. The molecule has 0 atom stereocenters. The lowest BCUT2D eigenvalue weighted by Crippen LogP contribution is -2.42. The number of hydrogen-bond donors (Lipinski definition) is 2. The van der Waals surface area contributed by atoms with Crippen molar-refractivity contribution < 1.29 is 28.3 Å². The summed E-state index contributed by atoms with van der Waals surface area (Å²) in [6, 6.07) is 80.3. The van der Waals surface area contributed by atoms with E-state index in [1.165, 1.54) is 39.3 Å². The molecule has 6 aromatic heterocycles.